The number of anilines is 1. The first-order valence-corrected chi connectivity index (χ1v) is 8.26. The highest BCUT2D eigenvalue weighted by Crippen LogP contribution is 2.10. The lowest BCUT2D eigenvalue weighted by molar-refractivity contribution is 0.0790. The summed E-state index contributed by atoms with van der Waals surface area (Å²) in [6, 6.07) is 5.91. The SMILES string of the molecule is CCC(C)Nc1nc(C)cc(C(=O)N(C)CCc2ccncc2)n1. The van der Waals surface area contributed by atoms with Crippen LogP contribution in [0.4, 0.5) is 5.95 Å². The minimum absolute atomic E-state index is 0.0956. The second-order valence-electron chi connectivity index (χ2n) is 6.00. The third-order valence-corrected chi connectivity index (χ3v) is 3.89. The zero-order chi connectivity index (χ0) is 17.5. The van der Waals surface area contributed by atoms with Crippen LogP contribution in [0.1, 0.15) is 42.0 Å². The fraction of sp³-hybridized carbons (Fsp3) is 0.444. The fourth-order valence-corrected chi connectivity index (χ4v) is 2.21. The molecule has 2 heterocycles. The molecule has 0 saturated carbocycles. The van der Waals surface area contributed by atoms with Gasteiger partial charge in [-0.3, -0.25) is 9.78 Å². The summed E-state index contributed by atoms with van der Waals surface area (Å²) in [5, 5.41) is 3.22. The summed E-state index contributed by atoms with van der Waals surface area (Å²) < 4.78 is 0. The van der Waals surface area contributed by atoms with Crippen molar-refractivity contribution in [2.45, 2.75) is 39.7 Å². The lowest BCUT2D eigenvalue weighted by atomic mass is 10.2. The average molecular weight is 327 g/mol. The standard InChI is InChI=1S/C18H25N5O/c1-5-13(2)20-18-21-14(3)12-16(22-18)17(24)23(4)11-8-15-6-9-19-10-7-15/h6-7,9-10,12-13H,5,8,11H2,1-4H3,(H,20,21,22). The van der Waals surface area contributed by atoms with Crippen molar-refractivity contribution in [3.8, 4) is 0 Å². The Labute approximate surface area is 143 Å². The highest BCUT2D eigenvalue weighted by molar-refractivity contribution is 5.92. The smallest absolute Gasteiger partial charge is 0.272 e. The second kappa shape index (κ2) is 8.38. The van der Waals surface area contributed by atoms with E-state index in [2.05, 4.69) is 34.1 Å². The van der Waals surface area contributed by atoms with Gasteiger partial charge >= 0.3 is 0 Å². The lowest BCUT2D eigenvalue weighted by Crippen LogP contribution is -2.30. The molecule has 1 unspecified atom stereocenters. The van der Waals surface area contributed by atoms with E-state index in [1.165, 1.54) is 0 Å². The van der Waals surface area contributed by atoms with Gasteiger partial charge in [-0.25, -0.2) is 9.97 Å². The van der Waals surface area contributed by atoms with Crippen LogP contribution in [-0.2, 0) is 6.42 Å². The van der Waals surface area contributed by atoms with Gasteiger partial charge in [0.1, 0.15) is 5.69 Å². The minimum atomic E-state index is -0.0956. The van der Waals surface area contributed by atoms with Crippen LogP contribution in [0, 0.1) is 6.92 Å². The lowest BCUT2D eigenvalue weighted by Gasteiger charge is -2.18. The van der Waals surface area contributed by atoms with E-state index in [1.807, 2.05) is 19.1 Å². The molecule has 24 heavy (non-hydrogen) atoms. The predicted octanol–water partition coefficient (Wildman–Crippen LogP) is 2.71. The van der Waals surface area contributed by atoms with Crippen molar-refractivity contribution in [3.05, 3.63) is 47.5 Å². The molecular weight excluding hydrogens is 302 g/mol. The largest absolute Gasteiger partial charge is 0.352 e. The summed E-state index contributed by atoms with van der Waals surface area (Å²) >= 11 is 0. The van der Waals surface area contributed by atoms with Gasteiger partial charge in [0.15, 0.2) is 0 Å². The number of likely N-dealkylation sites (N-methyl/N-ethyl adjacent to an activating group) is 1. The topological polar surface area (TPSA) is 71.0 Å². The Morgan fingerprint density at radius 3 is 2.67 bits per heavy atom. The second-order valence-corrected chi connectivity index (χ2v) is 6.00. The van der Waals surface area contributed by atoms with E-state index < -0.39 is 0 Å². The summed E-state index contributed by atoms with van der Waals surface area (Å²) in [6.07, 6.45) is 5.27. The van der Waals surface area contributed by atoms with Crippen LogP contribution in [0.2, 0.25) is 0 Å². The summed E-state index contributed by atoms with van der Waals surface area (Å²) in [5.74, 6) is 0.414. The molecule has 6 nitrogen and oxygen atoms in total. The molecule has 0 saturated heterocycles. The summed E-state index contributed by atoms with van der Waals surface area (Å²) in [5.41, 5.74) is 2.36. The van der Waals surface area contributed by atoms with Crippen molar-refractivity contribution in [3.63, 3.8) is 0 Å². The van der Waals surface area contributed by atoms with E-state index in [0.29, 0.717) is 18.2 Å². The molecule has 1 atom stereocenters. The Bertz CT molecular complexity index is 674. The van der Waals surface area contributed by atoms with Crippen LogP contribution in [-0.4, -0.2) is 45.4 Å². The molecule has 2 rings (SSSR count). The summed E-state index contributed by atoms with van der Waals surface area (Å²) in [6.45, 7) is 6.65. The van der Waals surface area contributed by atoms with E-state index in [4.69, 9.17) is 0 Å². The van der Waals surface area contributed by atoms with Crippen molar-refractivity contribution >= 4 is 11.9 Å². The van der Waals surface area contributed by atoms with Crippen LogP contribution in [0.3, 0.4) is 0 Å². The molecule has 2 aromatic heterocycles. The highest BCUT2D eigenvalue weighted by Gasteiger charge is 2.15. The number of nitrogens with one attached hydrogen (secondary N) is 1. The maximum Gasteiger partial charge on any atom is 0.272 e. The Hall–Kier alpha value is -2.50. The zero-order valence-electron chi connectivity index (χ0n) is 14.8. The number of pyridine rings is 1. The minimum Gasteiger partial charge on any atom is -0.352 e. The van der Waals surface area contributed by atoms with E-state index in [-0.39, 0.29) is 11.9 Å². The molecule has 0 aromatic carbocycles. The number of hydrogen-bond donors (Lipinski definition) is 1. The molecule has 1 amide bonds. The Morgan fingerprint density at radius 1 is 1.29 bits per heavy atom. The van der Waals surface area contributed by atoms with Crippen molar-refractivity contribution in [1.29, 1.82) is 0 Å². The molecule has 0 bridgehead atoms. The van der Waals surface area contributed by atoms with Crippen molar-refractivity contribution < 1.29 is 4.79 Å². The molecule has 0 spiro atoms. The maximum absolute atomic E-state index is 12.6. The van der Waals surface area contributed by atoms with E-state index in [9.17, 15) is 4.79 Å². The average Bonchev–Trinajstić information content (AvgIpc) is 2.59. The number of aromatic nitrogens is 3. The van der Waals surface area contributed by atoms with E-state index in [0.717, 1.165) is 24.1 Å². The van der Waals surface area contributed by atoms with Gasteiger partial charge in [-0.2, -0.15) is 0 Å². The van der Waals surface area contributed by atoms with Crippen molar-refractivity contribution in [2.24, 2.45) is 0 Å². The fourth-order valence-electron chi connectivity index (χ4n) is 2.21. The quantitative estimate of drug-likeness (QED) is 0.846. The van der Waals surface area contributed by atoms with Crippen LogP contribution in [0.15, 0.2) is 30.6 Å². The predicted molar refractivity (Wildman–Crippen MR) is 95.0 cm³/mol. The Kier molecular flexibility index (Phi) is 6.23. The molecule has 0 aliphatic rings. The molecule has 0 radical (unpaired) electrons. The number of carbonyl (C=O) groups is 1. The van der Waals surface area contributed by atoms with Gasteiger partial charge in [0.2, 0.25) is 5.95 Å². The van der Waals surface area contributed by atoms with Gasteiger partial charge in [0, 0.05) is 37.7 Å². The third kappa shape index (κ3) is 5.01. The first-order chi connectivity index (χ1) is 11.5. The van der Waals surface area contributed by atoms with Gasteiger partial charge in [-0.15, -0.1) is 0 Å². The van der Waals surface area contributed by atoms with Crippen molar-refractivity contribution in [2.75, 3.05) is 18.9 Å². The molecule has 2 aromatic rings. The van der Waals surface area contributed by atoms with Gasteiger partial charge < -0.3 is 10.2 Å². The summed E-state index contributed by atoms with van der Waals surface area (Å²) in [7, 11) is 1.79. The number of amides is 1. The number of hydrogen-bond acceptors (Lipinski definition) is 5. The number of aryl methyl sites for hydroxylation is 1. The first-order valence-electron chi connectivity index (χ1n) is 8.26. The van der Waals surface area contributed by atoms with E-state index >= 15 is 0 Å². The number of carbonyl (C=O) groups excluding carboxylic acids is 1. The molecule has 6 heteroatoms. The normalized spacial score (nSPS) is 11.8. The zero-order valence-corrected chi connectivity index (χ0v) is 14.8. The highest BCUT2D eigenvalue weighted by atomic mass is 16.2. The Balaban J connectivity index is 2.05. The van der Waals surface area contributed by atoms with Crippen LogP contribution >= 0.6 is 0 Å². The van der Waals surface area contributed by atoms with Crippen LogP contribution < -0.4 is 5.32 Å². The molecular formula is C18H25N5O. The molecule has 0 fully saturated rings. The van der Waals surface area contributed by atoms with Crippen LogP contribution in [0.5, 0.6) is 0 Å². The van der Waals surface area contributed by atoms with Crippen LogP contribution in [0.25, 0.3) is 0 Å². The van der Waals surface area contributed by atoms with E-state index in [1.54, 1.807) is 30.4 Å². The van der Waals surface area contributed by atoms with Gasteiger partial charge in [0.25, 0.3) is 5.91 Å². The van der Waals surface area contributed by atoms with Gasteiger partial charge in [-0.1, -0.05) is 6.92 Å². The molecule has 0 aliphatic carbocycles. The maximum atomic E-state index is 12.6. The summed E-state index contributed by atoms with van der Waals surface area (Å²) in [4.78, 5) is 27.0. The number of rotatable bonds is 7. The molecule has 1 N–H and O–H groups in total. The number of nitrogens with zero attached hydrogens (tertiary/aromatic N) is 4. The molecule has 0 aliphatic heterocycles. The van der Waals surface area contributed by atoms with Gasteiger partial charge in [0.05, 0.1) is 0 Å². The first kappa shape index (κ1) is 17.8. The Morgan fingerprint density at radius 2 is 2.00 bits per heavy atom. The third-order valence-electron chi connectivity index (χ3n) is 3.89. The van der Waals surface area contributed by atoms with Crippen molar-refractivity contribution in [1.82, 2.24) is 19.9 Å². The monoisotopic (exact) mass is 327 g/mol. The van der Waals surface area contributed by atoms with Gasteiger partial charge in [-0.05, 0) is 50.5 Å². The molecule has 128 valence electrons.